The number of esters is 1. The molecule has 0 aromatic heterocycles. The lowest BCUT2D eigenvalue weighted by atomic mass is 9.78. The third-order valence-electron chi connectivity index (χ3n) is 6.92. The van der Waals surface area contributed by atoms with Crippen LogP contribution in [0, 0.1) is 17.8 Å². The van der Waals surface area contributed by atoms with Crippen LogP contribution in [-0.2, 0) is 19.1 Å². The second-order valence-corrected chi connectivity index (χ2v) is 10.3. The first-order chi connectivity index (χ1) is 17.0. The van der Waals surface area contributed by atoms with Crippen molar-refractivity contribution >= 4 is 23.5 Å². The first-order valence-electron chi connectivity index (χ1n) is 12.6. The second kappa shape index (κ2) is 11.9. The van der Waals surface area contributed by atoms with E-state index in [2.05, 4.69) is 49.5 Å². The van der Waals surface area contributed by atoms with E-state index in [1.54, 1.807) is 6.07 Å². The smallest absolute Gasteiger partial charge is 0.302 e. The predicted molar refractivity (Wildman–Crippen MR) is 139 cm³/mol. The second-order valence-electron chi connectivity index (χ2n) is 10.3. The van der Waals surface area contributed by atoms with Gasteiger partial charge in [-0.3, -0.25) is 9.59 Å². The summed E-state index contributed by atoms with van der Waals surface area (Å²) in [5.41, 5.74) is 1.48. The number of aliphatic hydroxyl groups is 1. The number of hydrogen-bond donors (Lipinski definition) is 3. The molecule has 0 fully saturated rings. The van der Waals surface area contributed by atoms with Crippen molar-refractivity contribution in [2.75, 3.05) is 13.2 Å². The number of amides is 1. The van der Waals surface area contributed by atoms with Crippen molar-refractivity contribution in [2.45, 2.75) is 65.7 Å². The Morgan fingerprint density at radius 3 is 2.58 bits per heavy atom. The molecule has 0 radical (unpaired) electrons. The third kappa shape index (κ3) is 7.08. The van der Waals surface area contributed by atoms with Crippen molar-refractivity contribution in [3.8, 4) is 5.75 Å². The highest BCUT2D eigenvalue weighted by Gasteiger charge is 2.35. The Morgan fingerprint density at radius 2 is 1.94 bits per heavy atom. The van der Waals surface area contributed by atoms with E-state index in [1.807, 2.05) is 6.07 Å². The maximum absolute atomic E-state index is 12.0. The standard InChI is InChI=1S/C29H39NO6/c1-18-13-26(25-7-6-8-28(34)27(25)14-18)24-10-9-23(19(2)15-24)11-12-29(30-20(3)31,16-35-21(4)32)17-36-22(5)33/h6-10,14-15,18-19,21,23,32,34H,11-13,16-17H2,1-5H3,(H,30,31). The number of rotatable bonds is 10. The minimum absolute atomic E-state index is 0.0238. The highest BCUT2D eigenvalue weighted by molar-refractivity contribution is 5.74. The predicted octanol–water partition coefficient (Wildman–Crippen LogP) is 2.68. The highest BCUT2D eigenvalue weighted by Crippen LogP contribution is 2.34. The summed E-state index contributed by atoms with van der Waals surface area (Å²) in [5.74, 6) is 0.388. The van der Waals surface area contributed by atoms with Crippen LogP contribution in [0.15, 0.2) is 42.0 Å². The van der Waals surface area contributed by atoms with Crippen LogP contribution >= 0.6 is 0 Å². The Morgan fingerprint density at radius 1 is 1.19 bits per heavy atom. The van der Waals surface area contributed by atoms with Crippen LogP contribution in [0.4, 0.5) is 0 Å². The third-order valence-corrected chi connectivity index (χ3v) is 6.92. The number of carbonyl (C=O) groups excluding carboxylic acids is 2. The molecule has 7 nitrogen and oxygen atoms in total. The molecule has 0 aliphatic heterocycles. The first-order valence-corrected chi connectivity index (χ1v) is 12.6. The summed E-state index contributed by atoms with van der Waals surface area (Å²) < 4.78 is 10.7. The lowest BCUT2D eigenvalue weighted by Gasteiger charge is -2.36. The molecule has 0 heterocycles. The monoisotopic (exact) mass is 497 g/mol. The summed E-state index contributed by atoms with van der Waals surface area (Å²) in [6.07, 6.45) is 9.91. The van der Waals surface area contributed by atoms with Crippen molar-refractivity contribution in [2.24, 2.45) is 17.8 Å². The van der Waals surface area contributed by atoms with Crippen LogP contribution in [-0.4, -0.2) is 47.1 Å². The molecule has 0 saturated carbocycles. The molecule has 3 rings (SSSR count). The van der Waals surface area contributed by atoms with Crippen LogP contribution in [0.25, 0.3) is 11.6 Å². The van der Waals surface area contributed by atoms with E-state index >= 15 is 0 Å². The number of fused-ring (bicyclic) bond motifs is 1. The normalized spacial score (nSPS) is 23.6. The zero-order valence-corrected chi connectivity index (χ0v) is 21.9. The van der Waals surface area contributed by atoms with Gasteiger partial charge in [-0.2, -0.15) is 0 Å². The molecule has 0 saturated heterocycles. The number of hydrogen-bond acceptors (Lipinski definition) is 6. The van der Waals surface area contributed by atoms with Gasteiger partial charge in [0.15, 0.2) is 6.29 Å². The van der Waals surface area contributed by atoms with Gasteiger partial charge in [0.05, 0.1) is 12.1 Å². The van der Waals surface area contributed by atoms with Gasteiger partial charge in [-0.25, -0.2) is 0 Å². The molecule has 1 amide bonds. The molecule has 2 aliphatic rings. The topological polar surface area (TPSA) is 105 Å². The van der Waals surface area contributed by atoms with E-state index in [0.29, 0.717) is 18.1 Å². The Bertz CT molecular complexity index is 1150. The quantitative estimate of drug-likeness (QED) is 0.339. The fourth-order valence-electron chi connectivity index (χ4n) is 5.12. The molecule has 5 atom stereocenters. The lowest BCUT2D eigenvalue weighted by Crippen LogP contribution is -2.55. The molecule has 3 N–H and O–H groups in total. The van der Waals surface area contributed by atoms with E-state index in [4.69, 9.17) is 9.47 Å². The number of nitrogens with one attached hydrogen (secondary N) is 1. The summed E-state index contributed by atoms with van der Waals surface area (Å²) in [6.45, 7) is 8.57. The summed E-state index contributed by atoms with van der Waals surface area (Å²) in [6, 6.07) is 5.68. The van der Waals surface area contributed by atoms with Gasteiger partial charge in [0.1, 0.15) is 12.4 Å². The molecule has 1 aromatic carbocycles. The first kappa shape index (κ1) is 27.7. The van der Waals surface area contributed by atoms with Gasteiger partial charge in [-0.1, -0.05) is 50.3 Å². The number of phenols is 1. The zero-order chi connectivity index (χ0) is 26.5. The molecule has 5 unspecified atom stereocenters. The number of carbonyl (C=O) groups is 2. The van der Waals surface area contributed by atoms with E-state index in [1.165, 1.54) is 31.9 Å². The number of ether oxygens (including phenoxy) is 2. The Kier molecular flexibility index (Phi) is 9.14. The summed E-state index contributed by atoms with van der Waals surface area (Å²) >= 11 is 0. The average molecular weight is 498 g/mol. The lowest BCUT2D eigenvalue weighted by molar-refractivity contribution is -0.150. The fraction of sp³-hybridized carbons (Fsp3) is 0.517. The number of aliphatic hydroxyl groups excluding tert-OH is 1. The Balaban J connectivity index is 1.81. The fourth-order valence-corrected chi connectivity index (χ4v) is 5.12. The van der Waals surface area contributed by atoms with E-state index in [-0.39, 0.29) is 31.0 Å². The Hall–Kier alpha value is -2.90. The van der Waals surface area contributed by atoms with Crippen molar-refractivity contribution in [3.05, 3.63) is 52.4 Å². The number of aromatic hydroxyl groups is 1. The van der Waals surface area contributed by atoms with Gasteiger partial charge in [0.2, 0.25) is 5.91 Å². The summed E-state index contributed by atoms with van der Waals surface area (Å²) in [4.78, 5) is 23.5. The number of phenolic OH excluding ortho intramolecular Hbond substituents is 1. The van der Waals surface area contributed by atoms with Crippen LogP contribution < -0.4 is 15.8 Å². The van der Waals surface area contributed by atoms with Gasteiger partial charge in [-0.15, -0.1) is 0 Å². The minimum Gasteiger partial charge on any atom is -0.507 e. The maximum atomic E-state index is 12.0. The van der Waals surface area contributed by atoms with Crippen molar-refractivity contribution in [1.29, 1.82) is 0 Å². The van der Waals surface area contributed by atoms with E-state index < -0.39 is 17.8 Å². The average Bonchev–Trinajstić information content (AvgIpc) is 2.80. The minimum atomic E-state index is -1.01. The van der Waals surface area contributed by atoms with Crippen molar-refractivity contribution < 1.29 is 29.3 Å². The van der Waals surface area contributed by atoms with Crippen molar-refractivity contribution in [3.63, 3.8) is 0 Å². The zero-order valence-electron chi connectivity index (χ0n) is 21.9. The van der Waals surface area contributed by atoms with E-state index in [9.17, 15) is 19.8 Å². The molecule has 2 aliphatic carbocycles. The van der Waals surface area contributed by atoms with Crippen LogP contribution in [0.3, 0.4) is 0 Å². The molecular formula is C29H39NO6. The number of allylic oxidation sites excluding steroid dienone is 4. The molecule has 0 bridgehead atoms. The molecule has 36 heavy (non-hydrogen) atoms. The maximum Gasteiger partial charge on any atom is 0.302 e. The molecule has 1 aromatic rings. The van der Waals surface area contributed by atoms with Crippen LogP contribution in [0.2, 0.25) is 0 Å². The molecular weight excluding hydrogens is 458 g/mol. The van der Waals surface area contributed by atoms with Gasteiger partial charge in [-0.05, 0) is 66.4 Å². The number of benzene rings is 1. The van der Waals surface area contributed by atoms with Gasteiger partial charge >= 0.3 is 5.97 Å². The molecule has 7 heteroatoms. The van der Waals surface area contributed by atoms with Gasteiger partial charge < -0.3 is 25.0 Å². The van der Waals surface area contributed by atoms with Crippen LogP contribution in [0.1, 0.15) is 53.9 Å². The molecule has 0 spiro atoms. The summed E-state index contributed by atoms with van der Waals surface area (Å²) in [5, 5.41) is 24.9. The SMILES string of the molecule is CC(=O)NC(CCC1C=CC(C2=c3cccc(O)c3=CC(C)C2)=CC1C)(COC(C)=O)COC(C)O. The summed E-state index contributed by atoms with van der Waals surface area (Å²) in [7, 11) is 0. The van der Waals surface area contributed by atoms with Gasteiger partial charge in [0.25, 0.3) is 0 Å². The van der Waals surface area contributed by atoms with Crippen LogP contribution in [0.5, 0.6) is 5.75 Å². The molecule has 196 valence electrons. The van der Waals surface area contributed by atoms with Gasteiger partial charge in [0, 0.05) is 19.1 Å². The Labute approximate surface area is 213 Å². The van der Waals surface area contributed by atoms with Crippen molar-refractivity contribution in [1.82, 2.24) is 5.32 Å². The van der Waals surface area contributed by atoms with E-state index in [0.717, 1.165) is 23.3 Å². The highest BCUT2D eigenvalue weighted by atomic mass is 16.6. The largest absolute Gasteiger partial charge is 0.507 e.